The quantitative estimate of drug-likeness (QED) is 0.549. The molecule has 0 unspecified atom stereocenters. The zero-order chi connectivity index (χ0) is 18.7. The minimum Gasteiger partial charge on any atom is -0.379 e. The zero-order valence-corrected chi connectivity index (χ0v) is 15.8. The van der Waals surface area contributed by atoms with Crippen LogP contribution in [0.5, 0.6) is 0 Å². The standard InChI is InChI=1S/C16H19N3O5S2/c1-17(12-13-3-2-10-25-13)15-5-4-14(11-16(15)19(20)21)26(22,23)18-6-8-24-9-7-18/h2-5,10-11H,6-9,12H2,1H3. The normalized spacial score (nSPS) is 15.7. The van der Waals surface area contributed by atoms with Crippen LogP contribution in [0.3, 0.4) is 0 Å². The van der Waals surface area contributed by atoms with Gasteiger partial charge in [0.2, 0.25) is 10.0 Å². The van der Waals surface area contributed by atoms with Crippen molar-refractivity contribution in [2.75, 3.05) is 38.3 Å². The summed E-state index contributed by atoms with van der Waals surface area (Å²) in [6.45, 7) is 1.65. The van der Waals surface area contributed by atoms with Crippen molar-refractivity contribution in [3.8, 4) is 0 Å². The molecule has 0 N–H and O–H groups in total. The molecule has 2 heterocycles. The van der Waals surface area contributed by atoms with Crippen LogP contribution in [0.15, 0.2) is 40.6 Å². The van der Waals surface area contributed by atoms with Crippen molar-refractivity contribution >= 4 is 32.7 Å². The summed E-state index contributed by atoms with van der Waals surface area (Å²) in [6.07, 6.45) is 0. The Morgan fingerprint density at radius 2 is 2.04 bits per heavy atom. The smallest absolute Gasteiger partial charge is 0.293 e. The summed E-state index contributed by atoms with van der Waals surface area (Å²) in [4.78, 5) is 13.7. The van der Waals surface area contributed by atoms with Crippen molar-refractivity contribution in [2.24, 2.45) is 0 Å². The third-order valence-electron chi connectivity index (χ3n) is 4.14. The Hall–Kier alpha value is -2.01. The van der Waals surface area contributed by atoms with Gasteiger partial charge in [0.15, 0.2) is 0 Å². The van der Waals surface area contributed by atoms with Gasteiger partial charge >= 0.3 is 0 Å². The summed E-state index contributed by atoms with van der Waals surface area (Å²) >= 11 is 1.56. The Bertz CT molecular complexity index is 877. The predicted octanol–water partition coefficient (Wildman–Crippen LogP) is 2.31. The first-order valence-electron chi connectivity index (χ1n) is 7.99. The summed E-state index contributed by atoms with van der Waals surface area (Å²) in [6, 6.07) is 7.94. The third kappa shape index (κ3) is 3.88. The molecule has 1 fully saturated rings. The van der Waals surface area contributed by atoms with E-state index in [1.165, 1.54) is 16.4 Å². The molecule has 0 spiro atoms. The Kier molecular flexibility index (Phi) is 5.56. The number of thiophene rings is 1. The molecular weight excluding hydrogens is 378 g/mol. The fourth-order valence-electron chi connectivity index (χ4n) is 2.79. The van der Waals surface area contributed by atoms with E-state index in [2.05, 4.69) is 0 Å². The van der Waals surface area contributed by atoms with Crippen LogP contribution in [0.2, 0.25) is 0 Å². The first-order chi connectivity index (χ1) is 12.4. The first kappa shape index (κ1) is 18.8. The van der Waals surface area contributed by atoms with Crippen LogP contribution in [0.1, 0.15) is 4.88 Å². The molecule has 10 heteroatoms. The monoisotopic (exact) mass is 397 g/mol. The molecule has 0 aliphatic carbocycles. The molecule has 1 saturated heterocycles. The van der Waals surface area contributed by atoms with Crippen molar-refractivity contribution in [3.05, 3.63) is 50.7 Å². The van der Waals surface area contributed by atoms with Gasteiger partial charge in [-0.05, 0) is 23.6 Å². The SMILES string of the molecule is CN(Cc1cccs1)c1ccc(S(=O)(=O)N2CCOCC2)cc1[N+](=O)[O-]. The second kappa shape index (κ2) is 7.70. The van der Waals surface area contributed by atoms with Gasteiger partial charge in [-0.1, -0.05) is 6.07 Å². The highest BCUT2D eigenvalue weighted by Crippen LogP contribution is 2.32. The van der Waals surface area contributed by atoms with E-state index < -0.39 is 14.9 Å². The van der Waals surface area contributed by atoms with Crippen LogP contribution in [-0.4, -0.2) is 51.0 Å². The van der Waals surface area contributed by atoms with E-state index in [4.69, 9.17) is 4.74 Å². The molecule has 140 valence electrons. The number of hydrogen-bond acceptors (Lipinski definition) is 7. The van der Waals surface area contributed by atoms with Crippen molar-refractivity contribution in [1.82, 2.24) is 4.31 Å². The molecule has 2 aromatic rings. The largest absolute Gasteiger partial charge is 0.379 e. The molecule has 0 atom stereocenters. The molecule has 0 bridgehead atoms. The van der Waals surface area contributed by atoms with Gasteiger partial charge in [0.25, 0.3) is 5.69 Å². The molecular formula is C16H19N3O5S2. The van der Waals surface area contributed by atoms with Gasteiger partial charge in [0.1, 0.15) is 5.69 Å². The van der Waals surface area contributed by atoms with Crippen LogP contribution in [-0.2, 0) is 21.3 Å². The van der Waals surface area contributed by atoms with Gasteiger partial charge in [-0.2, -0.15) is 4.31 Å². The van der Waals surface area contributed by atoms with Crippen molar-refractivity contribution < 1.29 is 18.1 Å². The highest BCUT2D eigenvalue weighted by molar-refractivity contribution is 7.89. The number of morpholine rings is 1. The Labute approximate surface area is 155 Å². The molecule has 0 saturated carbocycles. The highest BCUT2D eigenvalue weighted by Gasteiger charge is 2.29. The summed E-state index contributed by atoms with van der Waals surface area (Å²) in [5.74, 6) is 0. The Morgan fingerprint density at radius 3 is 2.65 bits per heavy atom. The van der Waals surface area contributed by atoms with Crippen LogP contribution in [0.4, 0.5) is 11.4 Å². The Morgan fingerprint density at radius 1 is 1.31 bits per heavy atom. The third-order valence-corrected chi connectivity index (χ3v) is 6.89. The van der Waals surface area contributed by atoms with E-state index in [1.54, 1.807) is 23.3 Å². The predicted molar refractivity (Wildman–Crippen MR) is 99.1 cm³/mol. The average Bonchev–Trinajstić information content (AvgIpc) is 3.14. The van der Waals surface area contributed by atoms with Crippen LogP contribution < -0.4 is 4.90 Å². The molecule has 1 aliphatic heterocycles. The van der Waals surface area contributed by atoms with Gasteiger partial charge in [-0.3, -0.25) is 10.1 Å². The second-order valence-electron chi connectivity index (χ2n) is 5.86. The lowest BCUT2D eigenvalue weighted by molar-refractivity contribution is -0.384. The molecule has 3 rings (SSSR count). The molecule has 1 aromatic heterocycles. The number of nitro groups is 1. The van der Waals surface area contributed by atoms with Crippen molar-refractivity contribution in [1.29, 1.82) is 0 Å². The topological polar surface area (TPSA) is 93.0 Å². The Balaban J connectivity index is 1.92. The summed E-state index contributed by atoms with van der Waals surface area (Å²) in [5, 5.41) is 13.5. The van der Waals surface area contributed by atoms with E-state index >= 15 is 0 Å². The van der Waals surface area contributed by atoms with Crippen molar-refractivity contribution in [2.45, 2.75) is 11.4 Å². The van der Waals surface area contributed by atoms with Crippen LogP contribution in [0, 0.1) is 10.1 Å². The maximum Gasteiger partial charge on any atom is 0.293 e. The van der Waals surface area contributed by atoms with Gasteiger partial charge in [0, 0.05) is 31.1 Å². The summed E-state index contributed by atoms with van der Waals surface area (Å²) in [7, 11) is -2.03. The van der Waals surface area contributed by atoms with Crippen molar-refractivity contribution in [3.63, 3.8) is 0 Å². The molecule has 0 amide bonds. The number of benzene rings is 1. The molecule has 1 aromatic carbocycles. The number of hydrogen-bond donors (Lipinski definition) is 0. The summed E-state index contributed by atoms with van der Waals surface area (Å²) in [5.41, 5.74) is 0.155. The average molecular weight is 397 g/mol. The van der Waals surface area contributed by atoms with E-state index in [9.17, 15) is 18.5 Å². The van der Waals surface area contributed by atoms with Gasteiger partial charge in [0.05, 0.1) is 29.6 Å². The fraction of sp³-hybridized carbons (Fsp3) is 0.375. The van der Waals surface area contributed by atoms with E-state index in [1.807, 2.05) is 17.5 Å². The fourth-order valence-corrected chi connectivity index (χ4v) is 4.98. The number of nitrogens with zero attached hydrogens (tertiary/aromatic N) is 3. The van der Waals surface area contributed by atoms with E-state index in [0.717, 1.165) is 10.9 Å². The minimum atomic E-state index is -3.78. The lowest BCUT2D eigenvalue weighted by Gasteiger charge is -2.26. The summed E-state index contributed by atoms with van der Waals surface area (Å²) < 4.78 is 31.9. The number of rotatable bonds is 6. The van der Waals surface area contributed by atoms with Gasteiger partial charge < -0.3 is 9.64 Å². The van der Waals surface area contributed by atoms with E-state index in [-0.39, 0.29) is 23.7 Å². The molecule has 1 aliphatic rings. The first-order valence-corrected chi connectivity index (χ1v) is 10.3. The zero-order valence-electron chi connectivity index (χ0n) is 14.2. The van der Waals surface area contributed by atoms with E-state index in [0.29, 0.717) is 25.4 Å². The highest BCUT2D eigenvalue weighted by atomic mass is 32.2. The van der Waals surface area contributed by atoms with Crippen LogP contribution >= 0.6 is 11.3 Å². The number of nitro benzene ring substituents is 1. The van der Waals surface area contributed by atoms with Crippen LogP contribution in [0.25, 0.3) is 0 Å². The molecule has 8 nitrogen and oxygen atoms in total. The lowest BCUT2D eigenvalue weighted by atomic mass is 10.2. The molecule has 26 heavy (non-hydrogen) atoms. The minimum absolute atomic E-state index is 0.0700. The number of ether oxygens (including phenoxy) is 1. The van der Waals surface area contributed by atoms with Gasteiger partial charge in [-0.25, -0.2) is 8.42 Å². The lowest BCUT2D eigenvalue weighted by Crippen LogP contribution is -2.40. The molecule has 0 radical (unpaired) electrons. The second-order valence-corrected chi connectivity index (χ2v) is 8.83. The maximum absolute atomic E-state index is 12.7. The van der Waals surface area contributed by atoms with Gasteiger partial charge in [-0.15, -0.1) is 11.3 Å². The number of sulfonamides is 1. The maximum atomic E-state index is 12.7. The number of anilines is 1.